The van der Waals surface area contributed by atoms with Gasteiger partial charge >= 0.3 is 10.1 Å². The molecule has 4 aromatic rings. The fourth-order valence-electron chi connectivity index (χ4n) is 4.44. The smallest absolute Gasteiger partial charge is 0.306 e. The Bertz CT molecular complexity index is 1580. The van der Waals surface area contributed by atoms with Crippen LogP contribution in [0.1, 0.15) is 25.3 Å². The minimum absolute atomic E-state index is 0.0469. The van der Waals surface area contributed by atoms with Gasteiger partial charge in [-0.3, -0.25) is 0 Å². The molecule has 0 radical (unpaired) electrons. The van der Waals surface area contributed by atoms with E-state index < -0.39 is 10.1 Å². The van der Waals surface area contributed by atoms with Gasteiger partial charge in [0.05, 0.1) is 39.8 Å². The molecule has 0 aliphatic carbocycles. The van der Waals surface area contributed by atoms with Crippen molar-refractivity contribution in [2.24, 2.45) is 0 Å². The lowest BCUT2D eigenvalue weighted by atomic mass is 9.96. The number of unbranched alkanes of at least 4 members (excludes halogenated alkanes) is 1. The summed E-state index contributed by atoms with van der Waals surface area (Å²) in [6.45, 7) is 2.76. The highest BCUT2D eigenvalue weighted by atomic mass is 32.2. The van der Waals surface area contributed by atoms with Gasteiger partial charge in [-0.15, -0.1) is 0 Å². The SMILES string of the molecule is CCCCOc1c(OC)c(-c2ccc(OC)cc2)cc(OC)c1-c1ccc(OCc2ccccc2)c(OS(C)(=O)=O)c1. The van der Waals surface area contributed by atoms with Crippen LogP contribution < -0.4 is 27.9 Å². The Morgan fingerprint density at radius 1 is 0.690 bits per heavy atom. The Hall–Kier alpha value is -4.37. The van der Waals surface area contributed by atoms with Crippen LogP contribution in [0.3, 0.4) is 0 Å². The third kappa shape index (κ3) is 7.47. The molecule has 0 aliphatic heterocycles. The Morgan fingerprint density at radius 2 is 1.40 bits per heavy atom. The zero-order chi connectivity index (χ0) is 30.1. The van der Waals surface area contributed by atoms with Crippen LogP contribution in [0.15, 0.2) is 78.9 Å². The van der Waals surface area contributed by atoms with Crippen molar-refractivity contribution in [3.05, 3.63) is 84.4 Å². The summed E-state index contributed by atoms with van der Waals surface area (Å²) in [7, 11) is 0.915. The van der Waals surface area contributed by atoms with Crippen molar-refractivity contribution in [2.45, 2.75) is 26.4 Å². The van der Waals surface area contributed by atoms with E-state index in [0.717, 1.165) is 41.5 Å². The summed E-state index contributed by atoms with van der Waals surface area (Å²) in [4.78, 5) is 0. The predicted molar refractivity (Wildman–Crippen MR) is 164 cm³/mol. The van der Waals surface area contributed by atoms with E-state index in [2.05, 4.69) is 6.92 Å². The number of rotatable bonds is 14. The van der Waals surface area contributed by atoms with Gasteiger partial charge in [-0.1, -0.05) is 61.9 Å². The molecule has 0 N–H and O–H groups in total. The first-order chi connectivity index (χ1) is 20.3. The fourth-order valence-corrected chi connectivity index (χ4v) is 4.90. The maximum Gasteiger partial charge on any atom is 0.306 e. The molecule has 0 aliphatic rings. The van der Waals surface area contributed by atoms with E-state index in [1.54, 1.807) is 33.5 Å². The quantitative estimate of drug-likeness (QED) is 0.113. The van der Waals surface area contributed by atoms with E-state index in [4.69, 9.17) is 27.9 Å². The Balaban J connectivity index is 1.87. The molecule has 0 amide bonds. The van der Waals surface area contributed by atoms with E-state index in [-0.39, 0.29) is 18.1 Å². The third-order valence-electron chi connectivity index (χ3n) is 6.48. The van der Waals surface area contributed by atoms with Crippen LogP contribution in [0.5, 0.6) is 34.5 Å². The van der Waals surface area contributed by atoms with E-state index >= 15 is 0 Å². The molecule has 0 spiro atoms. The van der Waals surface area contributed by atoms with Gasteiger partial charge in [0.25, 0.3) is 0 Å². The van der Waals surface area contributed by atoms with Crippen LogP contribution in [-0.4, -0.2) is 42.6 Å². The minimum atomic E-state index is -3.86. The van der Waals surface area contributed by atoms with Gasteiger partial charge < -0.3 is 27.9 Å². The Kier molecular flexibility index (Phi) is 10.2. The van der Waals surface area contributed by atoms with Gasteiger partial charge in [0.2, 0.25) is 0 Å². The molecule has 0 saturated heterocycles. The molecule has 4 rings (SSSR count). The maximum absolute atomic E-state index is 12.2. The number of hydrogen-bond donors (Lipinski definition) is 0. The van der Waals surface area contributed by atoms with Gasteiger partial charge in [0, 0.05) is 5.56 Å². The van der Waals surface area contributed by atoms with E-state index in [1.807, 2.05) is 66.7 Å². The van der Waals surface area contributed by atoms with Crippen molar-refractivity contribution < 1.29 is 36.3 Å². The summed E-state index contributed by atoms with van der Waals surface area (Å²) in [5, 5.41) is 0. The average Bonchev–Trinajstić information content (AvgIpc) is 2.99. The van der Waals surface area contributed by atoms with Crippen LogP contribution in [0.2, 0.25) is 0 Å². The number of methoxy groups -OCH3 is 3. The fraction of sp³-hybridized carbons (Fsp3) is 0.273. The van der Waals surface area contributed by atoms with Crippen LogP contribution in [0.25, 0.3) is 22.3 Å². The standard InChI is InChI=1S/C33H36O8S/c1-6-7-19-39-33-31(30(37-3)21-27(32(33)38-4)24-13-16-26(36-2)17-14-24)25-15-18-28(29(20-25)41-42(5,34)35)40-22-23-11-9-8-10-12-23/h8-18,20-21H,6-7,19,22H2,1-5H3. The van der Waals surface area contributed by atoms with Gasteiger partial charge in [0.1, 0.15) is 18.1 Å². The maximum atomic E-state index is 12.2. The normalized spacial score (nSPS) is 11.1. The number of hydrogen-bond acceptors (Lipinski definition) is 8. The second-order valence-electron chi connectivity index (χ2n) is 9.52. The van der Waals surface area contributed by atoms with E-state index in [1.165, 1.54) is 0 Å². The zero-order valence-electron chi connectivity index (χ0n) is 24.5. The van der Waals surface area contributed by atoms with Gasteiger partial charge in [-0.25, -0.2) is 0 Å². The largest absolute Gasteiger partial charge is 0.497 e. The van der Waals surface area contributed by atoms with Gasteiger partial charge in [-0.05, 0) is 53.4 Å². The summed E-state index contributed by atoms with van der Waals surface area (Å²) >= 11 is 0. The highest BCUT2D eigenvalue weighted by Crippen LogP contribution is 2.51. The summed E-state index contributed by atoms with van der Waals surface area (Å²) < 4.78 is 59.3. The molecule has 0 heterocycles. The van der Waals surface area contributed by atoms with Crippen molar-refractivity contribution >= 4 is 10.1 Å². The molecule has 0 fully saturated rings. The molecule has 0 atom stereocenters. The zero-order valence-corrected chi connectivity index (χ0v) is 25.3. The Morgan fingerprint density at radius 3 is 2.02 bits per heavy atom. The van der Waals surface area contributed by atoms with Crippen LogP contribution in [0, 0.1) is 0 Å². The lowest BCUT2D eigenvalue weighted by Gasteiger charge is -2.22. The van der Waals surface area contributed by atoms with Crippen molar-refractivity contribution in [3.63, 3.8) is 0 Å². The second-order valence-corrected chi connectivity index (χ2v) is 11.1. The molecule has 0 aromatic heterocycles. The molecular weight excluding hydrogens is 556 g/mol. The second kappa shape index (κ2) is 14.0. The van der Waals surface area contributed by atoms with Crippen molar-refractivity contribution in [2.75, 3.05) is 34.2 Å². The molecule has 0 bridgehead atoms. The molecule has 9 heteroatoms. The first-order valence-electron chi connectivity index (χ1n) is 13.5. The molecule has 0 saturated carbocycles. The molecule has 222 valence electrons. The highest BCUT2D eigenvalue weighted by Gasteiger charge is 2.25. The first kappa shape index (κ1) is 30.6. The Labute approximate surface area is 247 Å². The van der Waals surface area contributed by atoms with Crippen LogP contribution in [-0.2, 0) is 16.7 Å². The average molecular weight is 593 g/mol. The minimum Gasteiger partial charge on any atom is -0.497 e. The molecule has 8 nitrogen and oxygen atoms in total. The first-order valence-corrected chi connectivity index (χ1v) is 15.4. The van der Waals surface area contributed by atoms with Gasteiger partial charge in [0.15, 0.2) is 23.0 Å². The third-order valence-corrected chi connectivity index (χ3v) is 6.96. The van der Waals surface area contributed by atoms with Crippen molar-refractivity contribution in [1.29, 1.82) is 0 Å². The summed E-state index contributed by atoms with van der Waals surface area (Å²) in [5.41, 5.74) is 3.77. The monoisotopic (exact) mass is 592 g/mol. The topological polar surface area (TPSA) is 89.5 Å². The molecule has 4 aromatic carbocycles. The molecule has 42 heavy (non-hydrogen) atoms. The number of benzene rings is 4. The van der Waals surface area contributed by atoms with Crippen LogP contribution in [0.4, 0.5) is 0 Å². The lowest BCUT2D eigenvalue weighted by molar-refractivity contribution is 0.288. The predicted octanol–water partition coefficient (Wildman–Crippen LogP) is 7.14. The summed E-state index contributed by atoms with van der Waals surface area (Å²) in [5.74, 6) is 2.56. The molecule has 0 unspecified atom stereocenters. The van der Waals surface area contributed by atoms with Crippen molar-refractivity contribution in [1.82, 2.24) is 0 Å². The van der Waals surface area contributed by atoms with E-state index in [0.29, 0.717) is 35.0 Å². The number of ether oxygens (including phenoxy) is 5. The van der Waals surface area contributed by atoms with Crippen molar-refractivity contribution in [3.8, 4) is 56.8 Å². The summed E-state index contributed by atoms with van der Waals surface area (Å²) in [6, 6.07) is 24.2. The lowest BCUT2D eigenvalue weighted by Crippen LogP contribution is -2.08. The summed E-state index contributed by atoms with van der Waals surface area (Å²) in [6.07, 6.45) is 2.76. The van der Waals surface area contributed by atoms with Crippen LogP contribution >= 0.6 is 0 Å². The highest BCUT2D eigenvalue weighted by molar-refractivity contribution is 7.86. The van der Waals surface area contributed by atoms with Gasteiger partial charge in [-0.2, -0.15) is 8.42 Å². The van der Waals surface area contributed by atoms with E-state index in [9.17, 15) is 8.42 Å². The molecular formula is C33H36O8S.